The average Bonchev–Trinajstić information content (AvgIpc) is 1.84. The molecule has 0 fully saturated rings. The Balaban J connectivity index is 3.82. The number of hydrogen-bond donors (Lipinski definition) is 0. The number of carbonyl (C=O) groups is 2. The predicted octanol–water partition coefficient (Wildman–Crippen LogP) is -1.16. The number of ketones is 1. The molecule has 0 unspecified atom stereocenters. The second kappa shape index (κ2) is 2.90. The lowest BCUT2D eigenvalue weighted by Crippen LogP contribution is -2.15. The van der Waals surface area contributed by atoms with Crippen molar-refractivity contribution in [1.82, 2.24) is 0 Å². The maximum atomic E-state index is 9.91. The van der Waals surface area contributed by atoms with E-state index >= 15 is 0 Å². The van der Waals surface area contributed by atoms with Crippen LogP contribution in [0, 0.1) is 0 Å². The second-order valence-corrected chi connectivity index (χ2v) is 0.923. The number of ether oxygens (including phenoxy) is 1. The topological polar surface area (TPSA) is 60.4 Å². The van der Waals surface area contributed by atoms with E-state index in [-0.39, 0.29) is 0 Å². The van der Waals surface area contributed by atoms with Crippen LogP contribution in [0.1, 0.15) is 0 Å². The first-order valence-electron chi connectivity index (χ1n) is 1.72. The molecule has 8 heavy (non-hydrogen) atoms. The average molecular weight is 115 g/mol. The Morgan fingerprint density at radius 3 is 2.12 bits per heavy atom. The Bertz CT molecular complexity index is 126. The van der Waals surface area contributed by atoms with Crippen molar-refractivity contribution < 1.29 is 19.1 Å². The molecule has 0 bridgehead atoms. The monoisotopic (exact) mass is 115 g/mol. The van der Waals surface area contributed by atoms with E-state index in [1.807, 2.05) is 0 Å². The van der Waals surface area contributed by atoms with Crippen molar-refractivity contribution in [3.8, 4) is 0 Å². The van der Waals surface area contributed by atoms with Gasteiger partial charge in [0, 0.05) is 0 Å². The molecule has 0 aliphatic carbocycles. The van der Waals surface area contributed by atoms with Crippen LogP contribution in [0.25, 0.3) is 0 Å². The van der Waals surface area contributed by atoms with Gasteiger partial charge in [-0.2, -0.15) is 0 Å². The maximum Gasteiger partial charge on any atom is 0.383 e. The molecule has 0 aliphatic heterocycles. The van der Waals surface area contributed by atoms with Crippen molar-refractivity contribution in [2.75, 3.05) is 7.11 Å². The molecule has 4 nitrogen and oxygen atoms in total. The van der Waals surface area contributed by atoms with E-state index in [0.29, 0.717) is 0 Å². The fourth-order valence-electron chi connectivity index (χ4n) is 0.134. The molecular formula is C4H3O4. The van der Waals surface area contributed by atoms with Crippen molar-refractivity contribution in [3.05, 3.63) is 0 Å². The van der Waals surface area contributed by atoms with E-state index in [1.165, 1.54) is 0 Å². The fourth-order valence-corrected chi connectivity index (χ4v) is 0.134. The van der Waals surface area contributed by atoms with Gasteiger partial charge >= 0.3 is 11.8 Å². The number of hydrogen-bond acceptors (Lipinski definition) is 4. The van der Waals surface area contributed by atoms with Gasteiger partial charge in [-0.1, -0.05) is 0 Å². The van der Waals surface area contributed by atoms with Crippen molar-refractivity contribution in [3.63, 3.8) is 0 Å². The minimum atomic E-state index is -1.28. The van der Waals surface area contributed by atoms with Gasteiger partial charge in [0.05, 0.1) is 7.11 Å². The largest absolute Gasteiger partial charge is 0.463 e. The van der Waals surface area contributed by atoms with Gasteiger partial charge in [0.25, 0.3) is 6.29 Å². The van der Waals surface area contributed by atoms with E-state index < -0.39 is 11.8 Å². The molecule has 0 rings (SSSR count). The lowest BCUT2D eigenvalue weighted by atomic mass is 10.5. The summed E-state index contributed by atoms with van der Waals surface area (Å²) >= 11 is 0. The van der Waals surface area contributed by atoms with Crippen LogP contribution in [0.5, 0.6) is 0 Å². The van der Waals surface area contributed by atoms with Crippen molar-refractivity contribution in [1.29, 1.82) is 0 Å². The summed E-state index contributed by atoms with van der Waals surface area (Å²) in [4.78, 5) is 29.1. The Morgan fingerprint density at radius 2 is 2.00 bits per heavy atom. The zero-order chi connectivity index (χ0) is 6.57. The molecule has 0 saturated carbocycles. The van der Waals surface area contributed by atoms with Crippen LogP contribution in [-0.4, -0.2) is 25.1 Å². The number of Topliss-reactive ketones (excluding diaryl/α,β-unsaturated/α-hetero) is 1. The first-order valence-corrected chi connectivity index (χ1v) is 1.72. The third-order valence-electron chi connectivity index (χ3n) is 0.463. The third kappa shape index (κ3) is 1.51. The van der Waals surface area contributed by atoms with Gasteiger partial charge in [-0.05, 0) is 0 Å². The molecule has 0 aliphatic rings. The molecule has 43 valence electrons. The minimum absolute atomic E-state index is 0.852. The quantitative estimate of drug-likeness (QED) is 0.258. The van der Waals surface area contributed by atoms with Crippen LogP contribution in [-0.2, 0) is 19.1 Å². The van der Waals surface area contributed by atoms with E-state index in [2.05, 4.69) is 4.74 Å². The third-order valence-corrected chi connectivity index (χ3v) is 0.463. The van der Waals surface area contributed by atoms with Crippen LogP contribution < -0.4 is 0 Å². The Kier molecular flexibility index (Phi) is 2.47. The first-order chi connectivity index (χ1) is 3.72. The highest BCUT2D eigenvalue weighted by Gasteiger charge is 2.11. The molecule has 0 aromatic heterocycles. The molecule has 1 radical (unpaired) electrons. The molecule has 0 spiro atoms. The SMILES string of the molecule is COC(=O)C(=O)[C]=O. The summed E-state index contributed by atoms with van der Waals surface area (Å²) in [6.07, 6.45) is 0.852. The fraction of sp³-hybridized carbons (Fsp3) is 0.250. The molecule has 0 aromatic carbocycles. The van der Waals surface area contributed by atoms with Gasteiger partial charge in [0.15, 0.2) is 0 Å². The van der Waals surface area contributed by atoms with Gasteiger partial charge in [-0.25, -0.2) is 4.79 Å². The zero-order valence-corrected chi connectivity index (χ0v) is 4.13. The first kappa shape index (κ1) is 6.81. The predicted molar refractivity (Wildman–Crippen MR) is 22.7 cm³/mol. The van der Waals surface area contributed by atoms with Crippen molar-refractivity contribution in [2.45, 2.75) is 0 Å². The smallest absolute Gasteiger partial charge is 0.383 e. The number of rotatable bonds is 2. The van der Waals surface area contributed by atoms with Crippen LogP contribution >= 0.6 is 0 Å². The maximum absolute atomic E-state index is 9.91. The summed E-state index contributed by atoms with van der Waals surface area (Å²) in [7, 11) is 1.01. The molecule has 0 N–H and O–H groups in total. The number of carbonyl (C=O) groups excluding carboxylic acids is 3. The van der Waals surface area contributed by atoms with Crippen LogP contribution in [0.15, 0.2) is 0 Å². The number of methoxy groups -OCH3 is 1. The Labute approximate surface area is 45.4 Å². The van der Waals surface area contributed by atoms with Gasteiger partial charge < -0.3 is 4.74 Å². The molecular weight excluding hydrogens is 112 g/mol. The lowest BCUT2D eigenvalue weighted by molar-refractivity contribution is -0.148. The highest BCUT2D eigenvalue weighted by molar-refractivity contribution is 6.55. The summed E-state index contributed by atoms with van der Waals surface area (Å²) in [5, 5.41) is 0. The number of esters is 1. The van der Waals surface area contributed by atoms with Crippen molar-refractivity contribution >= 4 is 18.0 Å². The second-order valence-electron chi connectivity index (χ2n) is 0.923. The standard InChI is InChI=1S/C4H3O4/c1-8-4(7)3(6)2-5/h1H3. The molecule has 4 heteroatoms. The highest BCUT2D eigenvalue weighted by Crippen LogP contribution is 1.70. The van der Waals surface area contributed by atoms with Crippen LogP contribution in [0.4, 0.5) is 0 Å². The molecule has 0 aromatic rings. The summed E-state index contributed by atoms with van der Waals surface area (Å²) < 4.78 is 3.85. The molecule has 0 atom stereocenters. The van der Waals surface area contributed by atoms with Crippen molar-refractivity contribution in [2.24, 2.45) is 0 Å². The normalized spacial score (nSPS) is 7.62. The van der Waals surface area contributed by atoms with Gasteiger partial charge in [0.1, 0.15) is 0 Å². The molecule has 0 amide bonds. The highest BCUT2D eigenvalue weighted by atomic mass is 16.5. The minimum Gasteiger partial charge on any atom is -0.463 e. The van der Waals surface area contributed by atoms with Gasteiger partial charge in [0.2, 0.25) is 0 Å². The zero-order valence-electron chi connectivity index (χ0n) is 4.13. The summed E-state index contributed by atoms with van der Waals surface area (Å²) in [6.45, 7) is 0. The van der Waals surface area contributed by atoms with Crippen LogP contribution in [0.3, 0.4) is 0 Å². The molecule has 0 saturated heterocycles. The van der Waals surface area contributed by atoms with E-state index in [4.69, 9.17) is 0 Å². The summed E-state index contributed by atoms with van der Waals surface area (Å²) in [5.74, 6) is -2.47. The van der Waals surface area contributed by atoms with E-state index in [1.54, 1.807) is 0 Å². The van der Waals surface area contributed by atoms with E-state index in [9.17, 15) is 14.4 Å². The summed E-state index contributed by atoms with van der Waals surface area (Å²) in [5.41, 5.74) is 0. The van der Waals surface area contributed by atoms with E-state index in [0.717, 1.165) is 13.4 Å². The van der Waals surface area contributed by atoms with Gasteiger partial charge in [-0.15, -0.1) is 0 Å². The van der Waals surface area contributed by atoms with Gasteiger partial charge in [-0.3, -0.25) is 9.59 Å². The Hall–Kier alpha value is -1.19. The Morgan fingerprint density at radius 1 is 1.50 bits per heavy atom. The van der Waals surface area contributed by atoms with Crippen LogP contribution in [0.2, 0.25) is 0 Å². The summed E-state index contributed by atoms with van der Waals surface area (Å²) in [6, 6.07) is 0. The lowest BCUT2D eigenvalue weighted by Gasteiger charge is -1.85. The molecule has 0 heterocycles.